The van der Waals surface area contributed by atoms with Gasteiger partial charge < -0.3 is 5.32 Å². The SMILES string of the molecule is CC1CCCCC12NC(=O)N(CC(=O)NNc1ccccc1)C2=O. The third-order valence-corrected chi connectivity index (χ3v) is 4.92. The van der Waals surface area contributed by atoms with E-state index in [0.29, 0.717) is 6.42 Å². The summed E-state index contributed by atoms with van der Waals surface area (Å²) in [4.78, 5) is 38.0. The maximum atomic E-state index is 12.8. The van der Waals surface area contributed by atoms with Crippen LogP contribution in [-0.2, 0) is 9.59 Å². The lowest BCUT2D eigenvalue weighted by Crippen LogP contribution is -2.54. The van der Waals surface area contributed by atoms with Gasteiger partial charge in [0.1, 0.15) is 12.1 Å². The molecule has 2 aliphatic rings. The van der Waals surface area contributed by atoms with E-state index in [0.717, 1.165) is 29.8 Å². The third kappa shape index (κ3) is 2.93. The van der Waals surface area contributed by atoms with Crippen molar-refractivity contribution in [2.24, 2.45) is 5.92 Å². The van der Waals surface area contributed by atoms with Crippen molar-refractivity contribution in [2.45, 2.75) is 38.1 Å². The van der Waals surface area contributed by atoms with E-state index in [1.807, 2.05) is 25.1 Å². The number of urea groups is 1. The van der Waals surface area contributed by atoms with Crippen LogP contribution in [0, 0.1) is 5.92 Å². The fraction of sp³-hybridized carbons (Fsp3) is 0.471. The van der Waals surface area contributed by atoms with Crippen LogP contribution in [0.1, 0.15) is 32.6 Å². The molecule has 4 amide bonds. The predicted molar refractivity (Wildman–Crippen MR) is 88.8 cm³/mol. The maximum Gasteiger partial charge on any atom is 0.325 e. The summed E-state index contributed by atoms with van der Waals surface area (Å²) in [6.45, 7) is 1.69. The first kappa shape index (κ1) is 16.3. The summed E-state index contributed by atoms with van der Waals surface area (Å²) in [6.07, 6.45) is 3.51. The Labute approximate surface area is 140 Å². The summed E-state index contributed by atoms with van der Waals surface area (Å²) in [5.74, 6) is -0.643. The maximum absolute atomic E-state index is 12.8. The average Bonchev–Trinajstić information content (AvgIpc) is 2.82. The second-order valence-corrected chi connectivity index (χ2v) is 6.48. The van der Waals surface area contributed by atoms with Crippen molar-refractivity contribution in [1.82, 2.24) is 15.6 Å². The van der Waals surface area contributed by atoms with E-state index >= 15 is 0 Å². The zero-order valence-corrected chi connectivity index (χ0v) is 13.7. The number of hydrogen-bond acceptors (Lipinski definition) is 4. The topological polar surface area (TPSA) is 90.5 Å². The van der Waals surface area contributed by atoms with Gasteiger partial charge in [-0.15, -0.1) is 0 Å². The number of amides is 4. The highest BCUT2D eigenvalue weighted by Gasteiger charge is 2.55. The van der Waals surface area contributed by atoms with Crippen molar-refractivity contribution in [3.05, 3.63) is 30.3 Å². The van der Waals surface area contributed by atoms with Crippen molar-refractivity contribution in [2.75, 3.05) is 12.0 Å². The summed E-state index contributed by atoms with van der Waals surface area (Å²) in [5, 5.41) is 2.84. The summed E-state index contributed by atoms with van der Waals surface area (Å²) in [7, 11) is 0. The molecule has 1 aliphatic carbocycles. The zero-order valence-electron chi connectivity index (χ0n) is 13.7. The second-order valence-electron chi connectivity index (χ2n) is 6.48. The fourth-order valence-corrected chi connectivity index (χ4v) is 3.49. The zero-order chi connectivity index (χ0) is 17.2. The lowest BCUT2D eigenvalue weighted by Gasteiger charge is -2.36. The smallest absolute Gasteiger partial charge is 0.323 e. The van der Waals surface area contributed by atoms with E-state index in [4.69, 9.17) is 0 Å². The monoisotopic (exact) mass is 330 g/mol. The molecular formula is C17H22N4O3. The largest absolute Gasteiger partial charge is 0.325 e. The Morgan fingerprint density at radius 2 is 2.04 bits per heavy atom. The van der Waals surface area contributed by atoms with E-state index < -0.39 is 17.5 Å². The van der Waals surface area contributed by atoms with Gasteiger partial charge in [-0.25, -0.2) is 4.79 Å². The Morgan fingerprint density at radius 3 is 2.75 bits per heavy atom. The number of benzene rings is 1. The minimum atomic E-state index is -0.831. The van der Waals surface area contributed by atoms with Crippen LogP contribution in [0.25, 0.3) is 0 Å². The molecule has 0 bridgehead atoms. The number of anilines is 1. The van der Waals surface area contributed by atoms with Crippen molar-refractivity contribution in [3.63, 3.8) is 0 Å². The molecule has 1 spiro atoms. The molecule has 1 aliphatic heterocycles. The quantitative estimate of drug-likeness (QED) is 0.578. The predicted octanol–water partition coefficient (Wildman–Crippen LogP) is 1.63. The van der Waals surface area contributed by atoms with Crippen molar-refractivity contribution in [3.8, 4) is 0 Å². The first-order valence-electron chi connectivity index (χ1n) is 8.27. The minimum absolute atomic E-state index is 0.0817. The van der Waals surface area contributed by atoms with Gasteiger partial charge in [0.15, 0.2) is 0 Å². The van der Waals surface area contributed by atoms with Gasteiger partial charge in [-0.05, 0) is 30.9 Å². The van der Waals surface area contributed by atoms with Crippen molar-refractivity contribution in [1.29, 1.82) is 0 Å². The standard InChI is InChI=1S/C17H22N4O3/c1-12-7-5-6-10-17(12)15(23)21(16(24)18-17)11-14(22)20-19-13-8-3-2-4-9-13/h2-4,8-9,12,19H,5-7,10-11H2,1H3,(H,18,24)(H,20,22). The minimum Gasteiger partial charge on any atom is -0.323 e. The van der Waals surface area contributed by atoms with Gasteiger partial charge in [-0.3, -0.25) is 25.3 Å². The molecule has 2 unspecified atom stereocenters. The van der Waals surface area contributed by atoms with Crippen LogP contribution in [0.4, 0.5) is 10.5 Å². The summed E-state index contributed by atoms with van der Waals surface area (Å²) >= 11 is 0. The lowest BCUT2D eigenvalue weighted by molar-refractivity contribution is -0.137. The Morgan fingerprint density at radius 1 is 1.29 bits per heavy atom. The molecule has 1 aromatic rings. The van der Waals surface area contributed by atoms with Crippen molar-refractivity contribution >= 4 is 23.5 Å². The third-order valence-electron chi connectivity index (χ3n) is 4.92. The van der Waals surface area contributed by atoms with Crippen LogP contribution in [0.15, 0.2) is 30.3 Å². The molecule has 0 aromatic heterocycles. The lowest BCUT2D eigenvalue weighted by atomic mass is 9.73. The number of nitrogens with one attached hydrogen (secondary N) is 3. The second kappa shape index (κ2) is 6.51. The molecule has 7 nitrogen and oxygen atoms in total. The number of para-hydroxylation sites is 1. The molecule has 1 saturated heterocycles. The van der Waals surface area contributed by atoms with Gasteiger partial charge in [-0.2, -0.15) is 0 Å². The average molecular weight is 330 g/mol. The molecule has 1 heterocycles. The van der Waals surface area contributed by atoms with Crippen LogP contribution in [-0.4, -0.2) is 34.8 Å². The number of hydrogen-bond donors (Lipinski definition) is 3. The number of hydrazine groups is 1. The van der Waals surface area contributed by atoms with Crippen LogP contribution in [0.2, 0.25) is 0 Å². The van der Waals surface area contributed by atoms with E-state index in [1.54, 1.807) is 12.1 Å². The Hall–Kier alpha value is -2.57. The van der Waals surface area contributed by atoms with Gasteiger partial charge >= 0.3 is 6.03 Å². The first-order valence-corrected chi connectivity index (χ1v) is 8.27. The van der Waals surface area contributed by atoms with Gasteiger partial charge in [-0.1, -0.05) is 38.0 Å². The van der Waals surface area contributed by atoms with Crippen LogP contribution in [0.3, 0.4) is 0 Å². The van der Waals surface area contributed by atoms with Gasteiger partial charge in [0.2, 0.25) is 0 Å². The van der Waals surface area contributed by atoms with E-state index in [9.17, 15) is 14.4 Å². The van der Waals surface area contributed by atoms with Crippen LogP contribution >= 0.6 is 0 Å². The molecule has 24 heavy (non-hydrogen) atoms. The van der Waals surface area contributed by atoms with Gasteiger partial charge in [0.05, 0.1) is 5.69 Å². The molecule has 7 heteroatoms. The molecule has 3 rings (SSSR count). The van der Waals surface area contributed by atoms with Gasteiger partial charge in [0, 0.05) is 0 Å². The van der Waals surface area contributed by atoms with E-state index in [1.165, 1.54) is 0 Å². The van der Waals surface area contributed by atoms with Gasteiger partial charge in [0.25, 0.3) is 11.8 Å². The number of imide groups is 1. The van der Waals surface area contributed by atoms with E-state index in [2.05, 4.69) is 16.2 Å². The molecule has 0 radical (unpaired) electrons. The fourth-order valence-electron chi connectivity index (χ4n) is 3.49. The molecule has 2 atom stereocenters. The molecule has 128 valence electrons. The molecule has 2 fully saturated rings. The first-order chi connectivity index (χ1) is 11.5. The number of carbonyl (C=O) groups excluding carboxylic acids is 3. The van der Waals surface area contributed by atoms with Crippen molar-refractivity contribution < 1.29 is 14.4 Å². The Balaban J connectivity index is 1.61. The Bertz CT molecular complexity index is 648. The molecule has 1 aromatic carbocycles. The molecular weight excluding hydrogens is 308 g/mol. The normalized spacial score (nSPS) is 26.4. The Kier molecular flexibility index (Phi) is 4.42. The summed E-state index contributed by atoms with van der Waals surface area (Å²) < 4.78 is 0. The van der Waals surface area contributed by atoms with Crippen LogP contribution < -0.4 is 16.2 Å². The number of rotatable bonds is 4. The number of nitrogens with zero attached hydrogens (tertiary/aromatic N) is 1. The van der Waals surface area contributed by atoms with Crippen LogP contribution in [0.5, 0.6) is 0 Å². The highest BCUT2D eigenvalue weighted by molar-refractivity contribution is 6.09. The summed E-state index contributed by atoms with van der Waals surface area (Å²) in [5.41, 5.74) is 5.16. The summed E-state index contributed by atoms with van der Waals surface area (Å²) in [6, 6.07) is 8.65. The highest BCUT2D eigenvalue weighted by atomic mass is 16.2. The molecule has 1 saturated carbocycles. The number of carbonyl (C=O) groups is 3. The van der Waals surface area contributed by atoms with E-state index in [-0.39, 0.29) is 18.4 Å². The highest BCUT2D eigenvalue weighted by Crippen LogP contribution is 2.38. The molecule has 3 N–H and O–H groups in total.